The highest BCUT2D eigenvalue weighted by Gasteiger charge is 2.29. The molecule has 0 saturated carbocycles. The van der Waals surface area contributed by atoms with E-state index in [4.69, 9.17) is 9.47 Å². The van der Waals surface area contributed by atoms with Crippen LogP contribution in [0.2, 0.25) is 0 Å². The lowest BCUT2D eigenvalue weighted by Gasteiger charge is -2.34. The molecule has 2 heterocycles. The normalized spacial score (nSPS) is 14.8. The van der Waals surface area contributed by atoms with E-state index in [0.717, 1.165) is 24.2 Å². The minimum absolute atomic E-state index is 0.0558. The number of aryl methyl sites for hydroxylation is 1. The van der Waals surface area contributed by atoms with Gasteiger partial charge in [0.05, 0.1) is 13.2 Å². The monoisotopic (exact) mass is 488 g/mol. The molecule has 0 bridgehead atoms. The fourth-order valence-electron chi connectivity index (χ4n) is 3.89. The lowest BCUT2D eigenvalue weighted by atomic mass is 10.2. The van der Waals surface area contributed by atoms with Gasteiger partial charge in [-0.15, -0.1) is 0 Å². The highest BCUT2D eigenvalue weighted by atomic mass is 16.5. The smallest absolute Gasteiger partial charge is 0.257 e. The van der Waals surface area contributed by atoms with Gasteiger partial charge in [0.15, 0.2) is 0 Å². The molecule has 1 aliphatic heterocycles. The Hall–Kier alpha value is -3.75. The molecule has 36 heavy (non-hydrogen) atoms. The summed E-state index contributed by atoms with van der Waals surface area (Å²) < 4.78 is 11.8. The molecule has 1 saturated heterocycles. The third-order valence-corrected chi connectivity index (χ3v) is 6.07. The minimum Gasteiger partial charge on any atom is -0.438 e. The number of carbonyl (C=O) groups is 2. The number of rotatable bonds is 9. The first-order valence-electron chi connectivity index (χ1n) is 12.1. The molecule has 0 spiro atoms. The maximum Gasteiger partial charge on any atom is 0.257 e. The van der Waals surface area contributed by atoms with Gasteiger partial charge < -0.3 is 24.6 Å². The number of benzene rings is 2. The number of hydrogen-bond acceptors (Lipinski definition) is 6. The van der Waals surface area contributed by atoms with E-state index in [0.29, 0.717) is 25.4 Å². The molecule has 1 aromatic heterocycles. The van der Waals surface area contributed by atoms with Crippen LogP contribution in [-0.4, -0.2) is 72.5 Å². The van der Waals surface area contributed by atoms with Gasteiger partial charge in [-0.05, 0) is 43.8 Å². The third-order valence-electron chi connectivity index (χ3n) is 6.07. The zero-order chi connectivity index (χ0) is 25.3. The molecule has 3 aromatic rings. The number of aromatic nitrogens is 1. The summed E-state index contributed by atoms with van der Waals surface area (Å²) in [6.07, 6.45) is 1.57. The number of piperazine rings is 1. The Morgan fingerprint density at radius 2 is 1.69 bits per heavy atom. The predicted octanol–water partition coefficient (Wildman–Crippen LogP) is 3.27. The van der Waals surface area contributed by atoms with Crippen LogP contribution in [0, 0.1) is 6.92 Å². The van der Waals surface area contributed by atoms with Crippen LogP contribution < -0.4 is 10.1 Å². The van der Waals surface area contributed by atoms with E-state index < -0.39 is 11.9 Å². The average Bonchev–Trinajstić information content (AvgIpc) is 2.90. The number of nitrogens with one attached hydrogen (secondary N) is 1. The second-order valence-corrected chi connectivity index (χ2v) is 8.93. The standard InChI is InChI=1S/C28H32N4O4/c1-21-10-12-23(13-11-21)36-27-24(9-6-14-29-27)26(33)30-25(20-35-19-22-7-4-3-5-8-22)28(34)32-17-15-31(2)16-18-32/h3-14,25H,15-20H2,1-2H3,(H,30,33). The molecule has 1 unspecified atom stereocenters. The third kappa shape index (κ3) is 6.90. The van der Waals surface area contributed by atoms with Crippen molar-refractivity contribution in [1.29, 1.82) is 0 Å². The first-order chi connectivity index (χ1) is 17.5. The topological polar surface area (TPSA) is 84.0 Å². The van der Waals surface area contributed by atoms with Crippen molar-refractivity contribution in [2.45, 2.75) is 19.6 Å². The predicted molar refractivity (Wildman–Crippen MR) is 137 cm³/mol. The van der Waals surface area contributed by atoms with Crippen molar-refractivity contribution in [2.24, 2.45) is 0 Å². The minimum atomic E-state index is -0.836. The van der Waals surface area contributed by atoms with Crippen LogP contribution in [-0.2, 0) is 16.1 Å². The Bertz CT molecular complexity index is 1150. The van der Waals surface area contributed by atoms with Crippen LogP contribution in [0.25, 0.3) is 0 Å². The molecule has 1 N–H and O–H groups in total. The summed E-state index contributed by atoms with van der Waals surface area (Å²) in [5, 5.41) is 2.87. The molecular weight excluding hydrogens is 456 g/mol. The fourth-order valence-corrected chi connectivity index (χ4v) is 3.89. The number of amides is 2. The van der Waals surface area contributed by atoms with E-state index in [1.807, 2.05) is 68.6 Å². The molecule has 0 radical (unpaired) electrons. The van der Waals surface area contributed by atoms with Gasteiger partial charge in [-0.1, -0.05) is 48.0 Å². The zero-order valence-electron chi connectivity index (χ0n) is 20.7. The lowest BCUT2D eigenvalue weighted by molar-refractivity contribution is -0.136. The van der Waals surface area contributed by atoms with Crippen molar-refractivity contribution in [3.63, 3.8) is 0 Å². The van der Waals surface area contributed by atoms with Crippen molar-refractivity contribution in [3.05, 3.63) is 89.6 Å². The van der Waals surface area contributed by atoms with E-state index in [2.05, 4.69) is 15.2 Å². The summed E-state index contributed by atoms with van der Waals surface area (Å²) in [4.78, 5) is 34.9. The number of likely N-dealkylation sites (N-methyl/N-ethyl adjacent to an activating group) is 1. The second-order valence-electron chi connectivity index (χ2n) is 8.93. The van der Waals surface area contributed by atoms with Crippen LogP contribution >= 0.6 is 0 Å². The van der Waals surface area contributed by atoms with E-state index in [9.17, 15) is 9.59 Å². The van der Waals surface area contributed by atoms with E-state index in [1.165, 1.54) is 0 Å². The summed E-state index contributed by atoms with van der Waals surface area (Å²) in [5.74, 6) is 0.148. The van der Waals surface area contributed by atoms with Crippen molar-refractivity contribution >= 4 is 11.8 Å². The highest BCUT2D eigenvalue weighted by molar-refractivity contribution is 5.99. The molecule has 188 valence electrons. The molecule has 1 aliphatic rings. The molecule has 0 aliphatic carbocycles. The summed E-state index contributed by atoms with van der Waals surface area (Å²) in [6, 6.07) is 19.7. The number of hydrogen-bond donors (Lipinski definition) is 1. The van der Waals surface area contributed by atoms with E-state index in [-0.39, 0.29) is 24.0 Å². The number of ether oxygens (including phenoxy) is 2. The summed E-state index contributed by atoms with van der Waals surface area (Å²) in [5.41, 5.74) is 2.34. The molecule has 8 nitrogen and oxygen atoms in total. The SMILES string of the molecule is Cc1ccc(Oc2ncccc2C(=O)NC(COCc2ccccc2)C(=O)N2CCN(C)CC2)cc1. The van der Waals surface area contributed by atoms with Gasteiger partial charge in [0, 0.05) is 32.4 Å². The maximum atomic E-state index is 13.4. The molecular formula is C28H32N4O4. The molecule has 1 atom stereocenters. The Labute approximate surface area is 211 Å². The number of pyridine rings is 1. The molecule has 4 rings (SSSR count). The number of nitrogens with zero attached hydrogens (tertiary/aromatic N) is 3. The maximum absolute atomic E-state index is 13.4. The van der Waals surface area contributed by atoms with Gasteiger partial charge in [-0.25, -0.2) is 4.98 Å². The summed E-state index contributed by atoms with van der Waals surface area (Å²) in [7, 11) is 2.03. The van der Waals surface area contributed by atoms with Gasteiger partial charge in [-0.3, -0.25) is 9.59 Å². The Kier molecular flexibility index (Phi) is 8.65. The van der Waals surface area contributed by atoms with Gasteiger partial charge in [-0.2, -0.15) is 0 Å². The van der Waals surface area contributed by atoms with Crippen molar-refractivity contribution in [3.8, 4) is 11.6 Å². The van der Waals surface area contributed by atoms with Crippen LogP contribution in [0.3, 0.4) is 0 Å². The van der Waals surface area contributed by atoms with Gasteiger partial charge in [0.25, 0.3) is 5.91 Å². The lowest BCUT2D eigenvalue weighted by Crippen LogP contribution is -2.55. The Morgan fingerprint density at radius 3 is 2.42 bits per heavy atom. The van der Waals surface area contributed by atoms with Crippen LogP contribution in [0.5, 0.6) is 11.6 Å². The zero-order valence-corrected chi connectivity index (χ0v) is 20.7. The summed E-state index contributed by atoms with van der Waals surface area (Å²) in [6.45, 7) is 5.17. The summed E-state index contributed by atoms with van der Waals surface area (Å²) >= 11 is 0. The van der Waals surface area contributed by atoms with Crippen LogP contribution in [0.4, 0.5) is 0 Å². The largest absolute Gasteiger partial charge is 0.438 e. The molecule has 2 amide bonds. The van der Waals surface area contributed by atoms with Crippen LogP contribution in [0.1, 0.15) is 21.5 Å². The van der Waals surface area contributed by atoms with Crippen molar-refractivity contribution in [1.82, 2.24) is 20.1 Å². The van der Waals surface area contributed by atoms with Gasteiger partial charge >= 0.3 is 0 Å². The van der Waals surface area contributed by atoms with Gasteiger partial charge in [0.1, 0.15) is 17.4 Å². The van der Waals surface area contributed by atoms with E-state index >= 15 is 0 Å². The Morgan fingerprint density at radius 1 is 0.972 bits per heavy atom. The first kappa shape index (κ1) is 25.3. The number of carbonyl (C=O) groups excluding carboxylic acids is 2. The van der Waals surface area contributed by atoms with Gasteiger partial charge in [0.2, 0.25) is 11.8 Å². The van der Waals surface area contributed by atoms with Crippen LogP contribution in [0.15, 0.2) is 72.9 Å². The second kappa shape index (κ2) is 12.3. The quantitative estimate of drug-likeness (QED) is 0.498. The van der Waals surface area contributed by atoms with Crippen molar-refractivity contribution in [2.75, 3.05) is 39.8 Å². The fraction of sp³-hybridized carbons (Fsp3) is 0.321. The van der Waals surface area contributed by atoms with E-state index in [1.54, 1.807) is 23.2 Å². The average molecular weight is 489 g/mol. The molecule has 8 heteroatoms. The first-order valence-corrected chi connectivity index (χ1v) is 12.1. The highest BCUT2D eigenvalue weighted by Crippen LogP contribution is 2.23. The Balaban J connectivity index is 1.48. The molecule has 1 fully saturated rings. The van der Waals surface area contributed by atoms with Crippen molar-refractivity contribution < 1.29 is 19.1 Å². The molecule has 2 aromatic carbocycles.